The van der Waals surface area contributed by atoms with Crippen LogP contribution in [0.3, 0.4) is 0 Å². The second kappa shape index (κ2) is 5.98. The van der Waals surface area contributed by atoms with Crippen molar-refractivity contribution >= 4 is 11.9 Å². The summed E-state index contributed by atoms with van der Waals surface area (Å²) in [6.07, 6.45) is 1.52. The molecule has 92 valence electrons. The molecule has 1 amide bonds. The van der Waals surface area contributed by atoms with Crippen molar-refractivity contribution in [3.63, 3.8) is 0 Å². The normalized spacial score (nSPS) is 12.2. The molecule has 0 aliphatic carbocycles. The topological polar surface area (TPSA) is 79.3 Å². The molecular formula is C12H16N2O3. The van der Waals surface area contributed by atoms with Gasteiger partial charge in [-0.3, -0.25) is 14.6 Å². The van der Waals surface area contributed by atoms with Crippen molar-refractivity contribution in [1.29, 1.82) is 0 Å². The standard InChI is InChI=1S/C12H16N2O3/c1-8(2)9(12(16)17)7-14-11(15)10-5-3-4-6-13-10/h3-6,8-9H,7H2,1-2H3,(H,14,15)(H,16,17). The van der Waals surface area contributed by atoms with E-state index in [0.717, 1.165) is 0 Å². The number of carboxylic acid groups (broad SMARTS) is 1. The third-order valence-corrected chi connectivity index (χ3v) is 2.50. The van der Waals surface area contributed by atoms with Crippen molar-refractivity contribution in [2.24, 2.45) is 11.8 Å². The molecule has 1 heterocycles. The summed E-state index contributed by atoms with van der Waals surface area (Å²) < 4.78 is 0. The number of hydrogen-bond acceptors (Lipinski definition) is 3. The van der Waals surface area contributed by atoms with E-state index in [1.165, 1.54) is 6.20 Å². The molecule has 1 aromatic rings. The highest BCUT2D eigenvalue weighted by molar-refractivity contribution is 5.92. The lowest BCUT2D eigenvalue weighted by molar-refractivity contribution is -0.142. The van der Waals surface area contributed by atoms with E-state index in [4.69, 9.17) is 5.11 Å². The molecule has 17 heavy (non-hydrogen) atoms. The lowest BCUT2D eigenvalue weighted by Gasteiger charge is -2.16. The molecule has 5 nitrogen and oxygen atoms in total. The predicted octanol–water partition coefficient (Wildman–Crippen LogP) is 1.17. The number of nitrogens with zero attached hydrogens (tertiary/aromatic N) is 1. The number of aliphatic carboxylic acids is 1. The third kappa shape index (κ3) is 3.86. The molecule has 1 aromatic heterocycles. The van der Waals surface area contributed by atoms with Gasteiger partial charge in [0.25, 0.3) is 5.91 Å². The van der Waals surface area contributed by atoms with Crippen LogP contribution in [-0.4, -0.2) is 28.5 Å². The van der Waals surface area contributed by atoms with E-state index in [9.17, 15) is 9.59 Å². The van der Waals surface area contributed by atoms with E-state index in [2.05, 4.69) is 10.3 Å². The zero-order valence-corrected chi connectivity index (χ0v) is 9.88. The molecule has 0 aliphatic rings. The fourth-order valence-corrected chi connectivity index (χ4v) is 1.40. The first-order chi connectivity index (χ1) is 8.02. The maximum Gasteiger partial charge on any atom is 0.308 e. The molecule has 0 spiro atoms. The van der Waals surface area contributed by atoms with Crippen LogP contribution in [0.25, 0.3) is 0 Å². The van der Waals surface area contributed by atoms with Crippen molar-refractivity contribution in [3.8, 4) is 0 Å². The molecule has 1 rings (SSSR count). The second-order valence-corrected chi connectivity index (χ2v) is 4.11. The molecule has 0 aromatic carbocycles. The van der Waals surface area contributed by atoms with Crippen LogP contribution in [0.1, 0.15) is 24.3 Å². The van der Waals surface area contributed by atoms with Crippen LogP contribution in [0.15, 0.2) is 24.4 Å². The van der Waals surface area contributed by atoms with Gasteiger partial charge in [0, 0.05) is 12.7 Å². The Kier molecular flexibility index (Phi) is 4.63. The number of carboxylic acids is 1. The van der Waals surface area contributed by atoms with Gasteiger partial charge < -0.3 is 10.4 Å². The molecule has 1 atom stereocenters. The summed E-state index contributed by atoms with van der Waals surface area (Å²) in [4.78, 5) is 26.4. The van der Waals surface area contributed by atoms with Crippen molar-refractivity contribution in [2.45, 2.75) is 13.8 Å². The van der Waals surface area contributed by atoms with E-state index in [-0.39, 0.29) is 18.4 Å². The lowest BCUT2D eigenvalue weighted by atomic mass is 9.96. The average molecular weight is 236 g/mol. The molecule has 0 aliphatic heterocycles. The number of pyridine rings is 1. The second-order valence-electron chi connectivity index (χ2n) is 4.11. The van der Waals surface area contributed by atoms with Crippen LogP contribution in [-0.2, 0) is 4.79 Å². The smallest absolute Gasteiger partial charge is 0.308 e. The molecule has 0 bridgehead atoms. The summed E-state index contributed by atoms with van der Waals surface area (Å²) >= 11 is 0. The fourth-order valence-electron chi connectivity index (χ4n) is 1.40. The molecule has 1 unspecified atom stereocenters. The predicted molar refractivity (Wildman–Crippen MR) is 62.5 cm³/mol. The first kappa shape index (κ1) is 13.2. The fraction of sp³-hybridized carbons (Fsp3) is 0.417. The maximum atomic E-state index is 11.6. The van der Waals surface area contributed by atoms with Crippen LogP contribution in [0.5, 0.6) is 0 Å². The average Bonchev–Trinajstić information content (AvgIpc) is 2.29. The van der Waals surface area contributed by atoms with Gasteiger partial charge in [-0.15, -0.1) is 0 Å². The number of rotatable bonds is 5. The van der Waals surface area contributed by atoms with Gasteiger partial charge in [-0.1, -0.05) is 19.9 Å². The van der Waals surface area contributed by atoms with Gasteiger partial charge in [0.1, 0.15) is 5.69 Å². The van der Waals surface area contributed by atoms with E-state index in [1.807, 2.05) is 13.8 Å². The first-order valence-electron chi connectivity index (χ1n) is 5.44. The van der Waals surface area contributed by atoms with E-state index in [0.29, 0.717) is 5.69 Å². The Morgan fingerprint density at radius 2 is 2.12 bits per heavy atom. The number of carbonyl (C=O) groups is 2. The minimum absolute atomic E-state index is 0.0310. The summed E-state index contributed by atoms with van der Waals surface area (Å²) in [5.41, 5.74) is 0.292. The lowest BCUT2D eigenvalue weighted by Crippen LogP contribution is -2.35. The Morgan fingerprint density at radius 3 is 2.59 bits per heavy atom. The monoisotopic (exact) mass is 236 g/mol. The quantitative estimate of drug-likeness (QED) is 0.804. The zero-order chi connectivity index (χ0) is 12.8. The maximum absolute atomic E-state index is 11.6. The van der Waals surface area contributed by atoms with Crippen LogP contribution >= 0.6 is 0 Å². The minimum atomic E-state index is -0.902. The van der Waals surface area contributed by atoms with Gasteiger partial charge in [0.05, 0.1) is 5.92 Å². The summed E-state index contributed by atoms with van der Waals surface area (Å²) in [6, 6.07) is 5.00. The SMILES string of the molecule is CC(C)C(CNC(=O)c1ccccn1)C(=O)O. The van der Waals surface area contributed by atoms with Crippen molar-refractivity contribution < 1.29 is 14.7 Å². The van der Waals surface area contributed by atoms with E-state index >= 15 is 0 Å². The summed E-state index contributed by atoms with van der Waals surface area (Å²) in [7, 11) is 0. The zero-order valence-electron chi connectivity index (χ0n) is 9.88. The van der Waals surface area contributed by atoms with Gasteiger partial charge in [0.2, 0.25) is 0 Å². The van der Waals surface area contributed by atoms with Gasteiger partial charge >= 0.3 is 5.97 Å². The van der Waals surface area contributed by atoms with E-state index < -0.39 is 11.9 Å². The number of aromatic nitrogens is 1. The Morgan fingerprint density at radius 1 is 1.41 bits per heavy atom. The number of nitrogens with one attached hydrogen (secondary N) is 1. The molecule has 2 N–H and O–H groups in total. The molecule has 0 radical (unpaired) electrons. The van der Waals surface area contributed by atoms with Crippen LogP contribution in [0.2, 0.25) is 0 Å². The highest BCUT2D eigenvalue weighted by Gasteiger charge is 2.22. The molecular weight excluding hydrogens is 220 g/mol. The first-order valence-corrected chi connectivity index (χ1v) is 5.44. The molecule has 0 saturated heterocycles. The Bertz CT molecular complexity index is 390. The number of carbonyl (C=O) groups excluding carboxylic acids is 1. The van der Waals surface area contributed by atoms with Crippen molar-refractivity contribution in [3.05, 3.63) is 30.1 Å². The number of hydrogen-bond donors (Lipinski definition) is 2. The largest absolute Gasteiger partial charge is 0.481 e. The highest BCUT2D eigenvalue weighted by Crippen LogP contribution is 2.09. The summed E-state index contributed by atoms with van der Waals surface area (Å²) in [6.45, 7) is 3.74. The van der Waals surface area contributed by atoms with Gasteiger partial charge in [-0.05, 0) is 18.1 Å². The molecule has 5 heteroatoms. The van der Waals surface area contributed by atoms with Gasteiger partial charge in [-0.25, -0.2) is 0 Å². The van der Waals surface area contributed by atoms with Gasteiger partial charge in [-0.2, -0.15) is 0 Å². The summed E-state index contributed by atoms with van der Waals surface area (Å²) in [5, 5.41) is 11.5. The van der Waals surface area contributed by atoms with Gasteiger partial charge in [0.15, 0.2) is 0 Å². The molecule has 0 fully saturated rings. The Balaban J connectivity index is 2.56. The van der Waals surface area contributed by atoms with Crippen molar-refractivity contribution in [1.82, 2.24) is 10.3 Å². The van der Waals surface area contributed by atoms with Crippen LogP contribution in [0, 0.1) is 11.8 Å². The third-order valence-electron chi connectivity index (χ3n) is 2.50. The minimum Gasteiger partial charge on any atom is -0.481 e. The Hall–Kier alpha value is -1.91. The van der Waals surface area contributed by atoms with E-state index in [1.54, 1.807) is 18.2 Å². The van der Waals surface area contributed by atoms with Crippen LogP contribution in [0.4, 0.5) is 0 Å². The summed E-state index contributed by atoms with van der Waals surface area (Å²) in [5.74, 6) is -1.86. The Labute approximate surface area is 99.9 Å². The van der Waals surface area contributed by atoms with Crippen LogP contribution < -0.4 is 5.32 Å². The number of amides is 1. The van der Waals surface area contributed by atoms with Crippen molar-refractivity contribution in [2.75, 3.05) is 6.54 Å². The molecule has 0 saturated carbocycles. The highest BCUT2D eigenvalue weighted by atomic mass is 16.4.